The number of halogens is 1. The molecule has 8 heteroatoms. The minimum absolute atomic E-state index is 0.106. The van der Waals surface area contributed by atoms with Crippen molar-refractivity contribution in [1.82, 2.24) is 20.1 Å². The standard InChI is InChI=1S/C16H21BrN6O/c1-11-8-15(22(2)21-11)23-7-3-4-12(10-23)19-16(24)20-14-5-6-18-9-13(14)17/h5-6,8-9,12H,3-4,7,10H2,1-2H3,(H2,18,19,20,24). The number of rotatable bonds is 3. The zero-order chi connectivity index (χ0) is 17.1. The first-order chi connectivity index (χ1) is 11.5. The molecule has 0 bridgehead atoms. The quantitative estimate of drug-likeness (QED) is 0.841. The highest BCUT2D eigenvalue weighted by atomic mass is 79.9. The van der Waals surface area contributed by atoms with Gasteiger partial charge in [0.1, 0.15) is 5.82 Å². The number of aryl methyl sites for hydroxylation is 2. The molecular weight excluding hydrogens is 372 g/mol. The Balaban J connectivity index is 1.60. The third-order valence-electron chi connectivity index (χ3n) is 4.08. The summed E-state index contributed by atoms with van der Waals surface area (Å²) < 4.78 is 2.65. The van der Waals surface area contributed by atoms with Crippen LogP contribution in [0, 0.1) is 6.92 Å². The van der Waals surface area contributed by atoms with Crippen LogP contribution in [0.1, 0.15) is 18.5 Å². The lowest BCUT2D eigenvalue weighted by Crippen LogP contribution is -2.49. The van der Waals surface area contributed by atoms with Crippen LogP contribution < -0.4 is 15.5 Å². The van der Waals surface area contributed by atoms with Crippen molar-refractivity contribution in [3.8, 4) is 0 Å². The van der Waals surface area contributed by atoms with Crippen LogP contribution in [-0.4, -0.2) is 39.9 Å². The second kappa shape index (κ2) is 7.21. The van der Waals surface area contributed by atoms with Crippen LogP contribution in [0.2, 0.25) is 0 Å². The normalized spacial score (nSPS) is 17.6. The van der Waals surface area contributed by atoms with Gasteiger partial charge in [-0.1, -0.05) is 0 Å². The molecule has 2 aromatic heterocycles. The molecule has 1 aliphatic rings. The van der Waals surface area contributed by atoms with Gasteiger partial charge in [0.05, 0.1) is 15.9 Å². The molecule has 1 unspecified atom stereocenters. The Morgan fingerprint density at radius 1 is 1.46 bits per heavy atom. The maximum atomic E-state index is 12.2. The Morgan fingerprint density at radius 2 is 2.29 bits per heavy atom. The maximum absolute atomic E-state index is 12.2. The summed E-state index contributed by atoms with van der Waals surface area (Å²) in [6, 6.07) is 3.75. The third kappa shape index (κ3) is 3.87. The SMILES string of the molecule is Cc1cc(N2CCCC(NC(=O)Nc3ccncc3Br)C2)n(C)n1. The van der Waals surface area contributed by atoms with Crippen LogP contribution >= 0.6 is 15.9 Å². The van der Waals surface area contributed by atoms with E-state index in [2.05, 4.69) is 47.6 Å². The molecule has 3 heterocycles. The van der Waals surface area contributed by atoms with E-state index in [1.165, 1.54) is 0 Å². The smallest absolute Gasteiger partial charge is 0.319 e. The first-order valence-corrected chi connectivity index (χ1v) is 8.75. The van der Waals surface area contributed by atoms with Gasteiger partial charge in [-0.3, -0.25) is 9.67 Å². The lowest BCUT2D eigenvalue weighted by atomic mass is 10.1. The van der Waals surface area contributed by atoms with E-state index in [9.17, 15) is 4.79 Å². The monoisotopic (exact) mass is 392 g/mol. The lowest BCUT2D eigenvalue weighted by molar-refractivity contribution is 0.246. The first kappa shape index (κ1) is 16.8. The highest BCUT2D eigenvalue weighted by Gasteiger charge is 2.23. The van der Waals surface area contributed by atoms with Crippen LogP contribution in [0.25, 0.3) is 0 Å². The molecule has 1 atom stereocenters. The van der Waals surface area contributed by atoms with Gasteiger partial charge in [0, 0.05) is 44.6 Å². The molecule has 7 nitrogen and oxygen atoms in total. The van der Waals surface area contributed by atoms with E-state index in [-0.39, 0.29) is 12.1 Å². The van der Waals surface area contributed by atoms with Gasteiger partial charge < -0.3 is 15.5 Å². The van der Waals surface area contributed by atoms with Crippen LogP contribution in [0.5, 0.6) is 0 Å². The number of nitrogens with one attached hydrogen (secondary N) is 2. The average Bonchev–Trinajstić information content (AvgIpc) is 2.88. The largest absolute Gasteiger partial charge is 0.355 e. The van der Waals surface area contributed by atoms with Gasteiger partial charge in [-0.15, -0.1) is 0 Å². The second-order valence-electron chi connectivity index (χ2n) is 6.01. The molecule has 24 heavy (non-hydrogen) atoms. The number of carbonyl (C=O) groups excluding carboxylic acids is 1. The Morgan fingerprint density at radius 3 is 3.00 bits per heavy atom. The van der Waals surface area contributed by atoms with E-state index in [1.54, 1.807) is 18.5 Å². The van der Waals surface area contributed by atoms with Crippen molar-refractivity contribution < 1.29 is 4.79 Å². The molecule has 0 spiro atoms. The Kier molecular flexibility index (Phi) is 5.03. The number of nitrogens with zero attached hydrogens (tertiary/aromatic N) is 4. The molecule has 0 saturated carbocycles. The van der Waals surface area contributed by atoms with E-state index in [0.29, 0.717) is 5.69 Å². The van der Waals surface area contributed by atoms with Gasteiger partial charge in [0.25, 0.3) is 0 Å². The summed E-state index contributed by atoms with van der Waals surface area (Å²) in [5.41, 5.74) is 1.71. The molecule has 2 aromatic rings. The molecule has 2 N–H and O–H groups in total. The predicted octanol–water partition coefficient (Wildman–Crippen LogP) is 2.68. The summed E-state index contributed by atoms with van der Waals surface area (Å²) >= 11 is 3.38. The number of hydrogen-bond acceptors (Lipinski definition) is 4. The van der Waals surface area contributed by atoms with Crippen LogP contribution in [-0.2, 0) is 7.05 Å². The molecule has 0 radical (unpaired) electrons. The number of pyridine rings is 1. The van der Waals surface area contributed by atoms with Crippen molar-refractivity contribution in [2.24, 2.45) is 7.05 Å². The van der Waals surface area contributed by atoms with Crippen LogP contribution in [0.15, 0.2) is 29.0 Å². The van der Waals surface area contributed by atoms with Gasteiger partial charge in [-0.05, 0) is 41.8 Å². The number of piperidine rings is 1. The maximum Gasteiger partial charge on any atom is 0.319 e. The topological polar surface area (TPSA) is 75.1 Å². The number of amides is 2. The van der Waals surface area contributed by atoms with Crippen LogP contribution in [0.4, 0.5) is 16.3 Å². The number of carbonyl (C=O) groups is 1. The fourth-order valence-electron chi connectivity index (χ4n) is 3.02. The molecule has 2 amide bonds. The van der Waals surface area contributed by atoms with E-state index in [1.807, 2.05) is 18.7 Å². The molecule has 1 saturated heterocycles. The fraction of sp³-hybridized carbons (Fsp3) is 0.438. The number of hydrogen-bond donors (Lipinski definition) is 2. The minimum atomic E-state index is -0.199. The summed E-state index contributed by atoms with van der Waals surface area (Å²) in [5.74, 6) is 1.09. The van der Waals surface area contributed by atoms with E-state index >= 15 is 0 Å². The fourth-order valence-corrected chi connectivity index (χ4v) is 3.37. The predicted molar refractivity (Wildman–Crippen MR) is 97.3 cm³/mol. The highest BCUT2D eigenvalue weighted by molar-refractivity contribution is 9.10. The number of urea groups is 1. The Hall–Kier alpha value is -2.09. The van der Waals surface area contributed by atoms with Crippen molar-refractivity contribution in [2.45, 2.75) is 25.8 Å². The van der Waals surface area contributed by atoms with Crippen molar-refractivity contribution in [1.29, 1.82) is 0 Å². The van der Waals surface area contributed by atoms with Crippen LogP contribution in [0.3, 0.4) is 0 Å². The Labute approximate surface area is 149 Å². The van der Waals surface area contributed by atoms with Gasteiger partial charge in [0.2, 0.25) is 0 Å². The van der Waals surface area contributed by atoms with Gasteiger partial charge >= 0.3 is 6.03 Å². The molecule has 3 rings (SSSR count). The van der Waals surface area contributed by atoms with Crippen molar-refractivity contribution >= 4 is 33.5 Å². The second-order valence-corrected chi connectivity index (χ2v) is 6.86. The molecule has 0 aliphatic carbocycles. The minimum Gasteiger partial charge on any atom is -0.355 e. The van der Waals surface area contributed by atoms with Gasteiger partial charge in [-0.2, -0.15) is 5.10 Å². The number of aromatic nitrogens is 3. The zero-order valence-electron chi connectivity index (χ0n) is 13.8. The molecular formula is C16H21BrN6O. The van der Waals surface area contributed by atoms with E-state index in [4.69, 9.17) is 0 Å². The summed E-state index contributed by atoms with van der Waals surface area (Å²) in [7, 11) is 1.95. The molecule has 128 valence electrons. The number of anilines is 2. The molecule has 1 aliphatic heterocycles. The first-order valence-electron chi connectivity index (χ1n) is 7.95. The average molecular weight is 393 g/mol. The summed E-state index contributed by atoms with van der Waals surface area (Å²) in [6.07, 6.45) is 5.31. The van der Waals surface area contributed by atoms with Gasteiger partial charge in [0.15, 0.2) is 0 Å². The summed E-state index contributed by atoms with van der Waals surface area (Å²) in [6.45, 7) is 3.75. The van der Waals surface area contributed by atoms with E-state index in [0.717, 1.165) is 41.9 Å². The lowest BCUT2D eigenvalue weighted by Gasteiger charge is -2.34. The molecule has 1 fully saturated rings. The summed E-state index contributed by atoms with van der Waals surface area (Å²) in [5, 5.41) is 10.3. The summed E-state index contributed by atoms with van der Waals surface area (Å²) in [4.78, 5) is 18.5. The van der Waals surface area contributed by atoms with Crippen molar-refractivity contribution in [3.05, 3.63) is 34.7 Å². The zero-order valence-corrected chi connectivity index (χ0v) is 15.4. The third-order valence-corrected chi connectivity index (χ3v) is 4.71. The van der Waals surface area contributed by atoms with Crippen molar-refractivity contribution in [2.75, 3.05) is 23.3 Å². The molecule has 0 aromatic carbocycles. The van der Waals surface area contributed by atoms with Gasteiger partial charge in [-0.25, -0.2) is 4.79 Å². The Bertz CT molecular complexity index is 731. The highest BCUT2D eigenvalue weighted by Crippen LogP contribution is 2.22. The van der Waals surface area contributed by atoms with Crippen molar-refractivity contribution in [3.63, 3.8) is 0 Å². The van der Waals surface area contributed by atoms with E-state index < -0.39 is 0 Å².